The molecule has 1 aliphatic rings. The molecule has 2 rings (SSSR count). The highest BCUT2D eigenvalue weighted by Gasteiger charge is 2.37. The number of hydrogen-bond donors (Lipinski definition) is 1. The van der Waals surface area contributed by atoms with E-state index in [1.165, 1.54) is 6.42 Å². The van der Waals surface area contributed by atoms with Crippen molar-refractivity contribution in [3.8, 4) is 0 Å². The molecule has 102 valence electrons. The Hall–Kier alpha value is -0.900. The molecule has 1 aliphatic carbocycles. The first-order chi connectivity index (χ1) is 8.28. The van der Waals surface area contributed by atoms with Crippen LogP contribution in [-0.4, -0.2) is 10.1 Å². The molecule has 0 saturated heterocycles. The fraction of sp³-hybridized carbons (Fsp3) is 0.857. The van der Waals surface area contributed by atoms with Crippen LogP contribution in [0.5, 0.6) is 0 Å². The van der Waals surface area contributed by atoms with Crippen LogP contribution >= 0.6 is 0 Å². The Bertz CT molecular complexity index is 407. The van der Waals surface area contributed by atoms with Gasteiger partial charge in [0.2, 0.25) is 5.89 Å². The van der Waals surface area contributed by atoms with E-state index in [-0.39, 0.29) is 11.0 Å². The van der Waals surface area contributed by atoms with Gasteiger partial charge in [0.05, 0.1) is 5.54 Å². The zero-order valence-electron chi connectivity index (χ0n) is 12.0. The van der Waals surface area contributed by atoms with Crippen LogP contribution in [0.1, 0.15) is 65.1 Å². The largest absolute Gasteiger partial charge is 0.339 e. The maximum atomic E-state index is 6.46. The first-order valence-electron chi connectivity index (χ1n) is 6.90. The van der Waals surface area contributed by atoms with Crippen LogP contribution in [-0.2, 0) is 12.0 Å². The minimum absolute atomic E-state index is 0.158. The van der Waals surface area contributed by atoms with Crippen LogP contribution in [0.15, 0.2) is 4.52 Å². The lowest BCUT2D eigenvalue weighted by Crippen LogP contribution is -2.42. The van der Waals surface area contributed by atoms with E-state index in [4.69, 9.17) is 10.3 Å². The number of aromatic nitrogens is 2. The predicted octanol–water partition coefficient (Wildman–Crippen LogP) is 3.02. The van der Waals surface area contributed by atoms with E-state index in [1.807, 2.05) is 0 Å². The molecule has 1 saturated carbocycles. The zero-order valence-corrected chi connectivity index (χ0v) is 12.0. The minimum Gasteiger partial charge on any atom is -0.339 e. The Balaban J connectivity index is 2.14. The van der Waals surface area contributed by atoms with E-state index in [1.54, 1.807) is 0 Å². The summed E-state index contributed by atoms with van der Waals surface area (Å²) in [6, 6.07) is 0. The molecule has 2 unspecified atom stereocenters. The van der Waals surface area contributed by atoms with Crippen LogP contribution in [0.3, 0.4) is 0 Å². The topological polar surface area (TPSA) is 64.9 Å². The molecule has 4 heteroatoms. The van der Waals surface area contributed by atoms with Gasteiger partial charge in [-0.25, -0.2) is 0 Å². The maximum absolute atomic E-state index is 6.46. The molecule has 0 bridgehead atoms. The Labute approximate surface area is 109 Å². The zero-order chi connectivity index (χ0) is 13.4. The number of nitrogens with two attached hydrogens (primary N) is 1. The summed E-state index contributed by atoms with van der Waals surface area (Å²) in [6.07, 6.45) is 5.13. The van der Waals surface area contributed by atoms with Crippen molar-refractivity contribution in [2.45, 2.75) is 65.3 Å². The lowest BCUT2D eigenvalue weighted by Gasteiger charge is -2.33. The van der Waals surface area contributed by atoms with E-state index in [0.29, 0.717) is 17.6 Å². The number of nitrogens with zero attached hydrogens (tertiary/aromatic N) is 2. The van der Waals surface area contributed by atoms with Gasteiger partial charge in [-0.2, -0.15) is 4.98 Å². The smallest absolute Gasteiger partial charge is 0.227 e. The molecule has 1 aromatic heterocycles. The summed E-state index contributed by atoms with van der Waals surface area (Å²) in [5.41, 5.74) is 6.24. The van der Waals surface area contributed by atoms with Crippen molar-refractivity contribution >= 4 is 0 Å². The third-order valence-electron chi connectivity index (χ3n) is 3.63. The third-order valence-corrected chi connectivity index (χ3v) is 3.63. The quantitative estimate of drug-likeness (QED) is 0.877. The van der Waals surface area contributed by atoms with Crippen molar-refractivity contribution in [3.63, 3.8) is 0 Å². The molecule has 1 aromatic rings. The van der Waals surface area contributed by atoms with Gasteiger partial charge < -0.3 is 10.3 Å². The molecule has 1 fully saturated rings. The van der Waals surface area contributed by atoms with Gasteiger partial charge in [-0.15, -0.1) is 0 Å². The second-order valence-corrected chi connectivity index (χ2v) is 7.11. The Morgan fingerprint density at radius 2 is 2.17 bits per heavy atom. The minimum atomic E-state index is -0.378. The Morgan fingerprint density at radius 1 is 1.44 bits per heavy atom. The average Bonchev–Trinajstić information content (AvgIpc) is 2.63. The van der Waals surface area contributed by atoms with E-state index in [0.717, 1.165) is 25.7 Å². The van der Waals surface area contributed by atoms with Crippen LogP contribution in [0.4, 0.5) is 0 Å². The highest BCUT2D eigenvalue weighted by molar-refractivity contribution is 5.06. The normalized spacial score (nSPS) is 29.5. The van der Waals surface area contributed by atoms with Gasteiger partial charge >= 0.3 is 0 Å². The van der Waals surface area contributed by atoms with Gasteiger partial charge in [0.1, 0.15) is 0 Å². The first kappa shape index (κ1) is 13.5. The van der Waals surface area contributed by atoms with Crippen LogP contribution < -0.4 is 5.73 Å². The summed E-state index contributed by atoms with van der Waals surface area (Å²) in [5.74, 6) is 2.06. The highest BCUT2D eigenvalue weighted by atomic mass is 16.5. The summed E-state index contributed by atoms with van der Waals surface area (Å²) in [7, 11) is 0. The molecule has 0 spiro atoms. The van der Waals surface area contributed by atoms with Crippen molar-refractivity contribution in [3.05, 3.63) is 11.7 Å². The number of rotatable bonds is 2. The second kappa shape index (κ2) is 4.65. The molecule has 18 heavy (non-hydrogen) atoms. The van der Waals surface area contributed by atoms with Gasteiger partial charge in [0, 0.05) is 6.42 Å². The summed E-state index contributed by atoms with van der Waals surface area (Å²) in [4.78, 5) is 4.52. The fourth-order valence-electron chi connectivity index (χ4n) is 2.78. The monoisotopic (exact) mass is 251 g/mol. The van der Waals surface area contributed by atoms with Crippen molar-refractivity contribution in [2.24, 2.45) is 17.1 Å². The number of hydrogen-bond acceptors (Lipinski definition) is 4. The molecule has 0 amide bonds. The molecule has 0 radical (unpaired) electrons. The van der Waals surface area contributed by atoms with Crippen molar-refractivity contribution in [1.82, 2.24) is 10.1 Å². The molecule has 0 aliphatic heterocycles. The van der Waals surface area contributed by atoms with Crippen LogP contribution in [0.2, 0.25) is 0 Å². The fourth-order valence-corrected chi connectivity index (χ4v) is 2.78. The van der Waals surface area contributed by atoms with Gasteiger partial charge in [-0.3, -0.25) is 0 Å². The SMILES string of the molecule is CC1CCCC(N)(c2noc(CC(C)(C)C)n2)C1. The standard InChI is InChI=1S/C14H25N3O/c1-10-6-5-7-14(15,8-10)12-16-11(18-17-12)9-13(2,3)4/h10H,5-9,15H2,1-4H3. The van der Waals surface area contributed by atoms with E-state index < -0.39 is 0 Å². The summed E-state index contributed by atoms with van der Waals surface area (Å²) in [5, 5.41) is 4.12. The van der Waals surface area contributed by atoms with Gasteiger partial charge in [0.15, 0.2) is 5.82 Å². The summed E-state index contributed by atoms with van der Waals surface area (Å²) < 4.78 is 5.35. The van der Waals surface area contributed by atoms with E-state index in [9.17, 15) is 0 Å². The summed E-state index contributed by atoms with van der Waals surface area (Å²) in [6.45, 7) is 8.74. The predicted molar refractivity (Wildman–Crippen MR) is 71.0 cm³/mol. The van der Waals surface area contributed by atoms with Crippen molar-refractivity contribution < 1.29 is 4.52 Å². The molecule has 4 nitrogen and oxygen atoms in total. The molecular formula is C14H25N3O. The van der Waals surface area contributed by atoms with E-state index >= 15 is 0 Å². The molecule has 2 N–H and O–H groups in total. The third kappa shape index (κ3) is 3.10. The second-order valence-electron chi connectivity index (χ2n) is 7.11. The molecular weight excluding hydrogens is 226 g/mol. The molecule has 1 heterocycles. The highest BCUT2D eigenvalue weighted by Crippen LogP contribution is 2.36. The van der Waals surface area contributed by atoms with Crippen molar-refractivity contribution in [1.29, 1.82) is 0 Å². The maximum Gasteiger partial charge on any atom is 0.227 e. The van der Waals surface area contributed by atoms with Crippen LogP contribution in [0.25, 0.3) is 0 Å². The van der Waals surface area contributed by atoms with Crippen molar-refractivity contribution in [2.75, 3.05) is 0 Å². The molecule has 2 atom stereocenters. The summed E-state index contributed by atoms with van der Waals surface area (Å²) >= 11 is 0. The molecule has 0 aromatic carbocycles. The first-order valence-corrected chi connectivity index (χ1v) is 6.90. The lowest BCUT2D eigenvalue weighted by molar-refractivity contribution is 0.221. The van der Waals surface area contributed by atoms with Crippen LogP contribution in [0, 0.1) is 11.3 Å². The average molecular weight is 251 g/mol. The van der Waals surface area contributed by atoms with E-state index in [2.05, 4.69) is 37.8 Å². The Kier molecular flexibility index (Phi) is 3.49. The van der Waals surface area contributed by atoms with Gasteiger partial charge in [-0.1, -0.05) is 45.7 Å². The van der Waals surface area contributed by atoms with Gasteiger partial charge in [0.25, 0.3) is 0 Å². The Morgan fingerprint density at radius 3 is 2.78 bits per heavy atom. The lowest BCUT2D eigenvalue weighted by atomic mass is 9.76. The van der Waals surface area contributed by atoms with Gasteiger partial charge in [-0.05, 0) is 24.2 Å².